The second-order valence-electron chi connectivity index (χ2n) is 5.14. The zero-order valence-electron chi connectivity index (χ0n) is 11.7. The zero-order chi connectivity index (χ0) is 16.6. The lowest BCUT2D eigenvalue weighted by Crippen LogP contribution is -2.20. The summed E-state index contributed by atoms with van der Waals surface area (Å²) in [6.45, 7) is 0. The molecular formula is C16H11F3N2O2. The maximum atomic E-state index is 13.1. The quantitative estimate of drug-likeness (QED) is 0.854. The fourth-order valence-corrected chi connectivity index (χ4v) is 2.50. The van der Waals surface area contributed by atoms with Crippen molar-refractivity contribution in [2.75, 3.05) is 10.6 Å². The number of carbonyl (C=O) groups excluding carboxylic acids is 2. The van der Waals surface area contributed by atoms with E-state index in [4.69, 9.17) is 0 Å². The standard InChI is InChI=1S/C16H11F3N2O2/c17-11-5-8(6-12(18)15(11)19)20-14(22)7-10-9-3-1-2-4-13(9)21-16(10)23/h1-6,10H,7H2,(H,20,22)(H,21,23)/t10-/m1/s1. The van der Waals surface area contributed by atoms with Crippen LogP contribution in [0.4, 0.5) is 24.5 Å². The van der Waals surface area contributed by atoms with E-state index in [-0.39, 0.29) is 18.0 Å². The van der Waals surface area contributed by atoms with Gasteiger partial charge in [0.15, 0.2) is 17.5 Å². The van der Waals surface area contributed by atoms with Crippen LogP contribution in [0.5, 0.6) is 0 Å². The minimum Gasteiger partial charge on any atom is -0.326 e. The molecule has 0 unspecified atom stereocenters. The predicted octanol–water partition coefficient (Wildman–Crippen LogP) is 3.17. The van der Waals surface area contributed by atoms with Crippen LogP contribution in [0.2, 0.25) is 0 Å². The number of hydrogen-bond acceptors (Lipinski definition) is 2. The van der Waals surface area contributed by atoms with E-state index >= 15 is 0 Å². The molecule has 118 valence electrons. The Morgan fingerprint density at radius 1 is 1.13 bits per heavy atom. The van der Waals surface area contributed by atoms with E-state index in [0.717, 1.165) is 0 Å². The third-order valence-electron chi connectivity index (χ3n) is 3.57. The summed E-state index contributed by atoms with van der Waals surface area (Å²) in [4.78, 5) is 23.9. The monoisotopic (exact) mass is 320 g/mol. The van der Waals surface area contributed by atoms with Crippen molar-refractivity contribution in [2.24, 2.45) is 0 Å². The highest BCUT2D eigenvalue weighted by atomic mass is 19.2. The number of para-hydroxylation sites is 1. The van der Waals surface area contributed by atoms with Gasteiger partial charge in [0.25, 0.3) is 0 Å². The number of nitrogens with one attached hydrogen (secondary N) is 2. The first-order chi connectivity index (χ1) is 11.0. The van der Waals surface area contributed by atoms with Crippen molar-refractivity contribution < 1.29 is 22.8 Å². The molecule has 2 amide bonds. The van der Waals surface area contributed by atoms with Crippen molar-refractivity contribution in [3.05, 3.63) is 59.4 Å². The molecule has 0 radical (unpaired) electrons. The first kappa shape index (κ1) is 15.1. The van der Waals surface area contributed by atoms with Gasteiger partial charge in [-0.05, 0) is 11.6 Å². The summed E-state index contributed by atoms with van der Waals surface area (Å²) < 4.78 is 39.1. The number of benzene rings is 2. The van der Waals surface area contributed by atoms with Crippen LogP contribution in [-0.2, 0) is 9.59 Å². The van der Waals surface area contributed by atoms with Gasteiger partial charge in [-0.3, -0.25) is 9.59 Å². The molecule has 0 saturated heterocycles. The molecule has 0 bridgehead atoms. The molecule has 1 aliphatic rings. The number of anilines is 2. The van der Waals surface area contributed by atoms with Gasteiger partial charge in [0.05, 0.1) is 5.92 Å². The van der Waals surface area contributed by atoms with Crippen LogP contribution < -0.4 is 10.6 Å². The number of halogens is 3. The topological polar surface area (TPSA) is 58.2 Å². The van der Waals surface area contributed by atoms with Gasteiger partial charge >= 0.3 is 0 Å². The lowest BCUT2D eigenvalue weighted by Gasteiger charge is -2.10. The third-order valence-corrected chi connectivity index (χ3v) is 3.57. The summed E-state index contributed by atoms with van der Waals surface area (Å²) in [6.07, 6.45) is -0.191. The molecular weight excluding hydrogens is 309 g/mol. The van der Waals surface area contributed by atoms with Gasteiger partial charge < -0.3 is 10.6 Å². The molecule has 0 aliphatic carbocycles. The Kier molecular flexibility index (Phi) is 3.77. The van der Waals surface area contributed by atoms with Crippen LogP contribution >= 0.6 is 0 Å². The highest BCUT2D eigenvalue weighted by molar-refractivity contribution is 6.06. The molecule has 23 heavy (non-hydrogen) atoms. The normalized spacial score (nSPS) is 16.0. The Morgan fingerprint density at radius 2 is 1.78 bits per heavy atom. The molecule has 1 atom stereocenters. The molecule has 0 aromatic heterocycles. The summed E-state index contributed by atoms with van der Waals surface area (Å²) in [7, 11) is 0. The van der Waals surface area contributed by atoms with Gasteiger partial charge in [-0.15, -0.1) is 0 Å². The van der Waals surface area contributed by atoms with Crippen LogP contribution in [0, 0.1) is 17.5 Å². The maximum Gasteiger partial charge on any atom is 0.232 e. The number of carbonyl (C=O) groups is 2. The molecule has 1 heterocycles. The van der Waals surface area contributed by atoms with Crippen molar-refractivity contribution in [3.63, 3.8) is 0 Å². The van der Waals surface area contributed by atoms with Crippen LogP contribution in [0.25, 0.3) is 0 Å². The zero-order valence-corrected chi connectivity index (χ0v) is 11.7. The van der Waals surface area contributed by atoms with Gasteiger partial charge in [-0.2, -0.15) is 0 Å². The van der Waals surface area contributed by atoms with E-state index in [1.807, 2.05) is 0 Å². The van der Waals surface area contributed by atoms with Gasteiger partial charge in [0.2, 0.25) is 11.8 Å². The summed E-state index contributed by atoms with van der Waals surface area (Å²) in [5.74, 6) is -6.01. The summed E-state index contributed by atoms with van der Waals surface area (Å²) in [5, 5.41) is 4.92. The molecule has 0 fully saturated rings. The lowest BCUT2D eigenvalue weighted by molar-refractivity contribution is -0.122. The predicted molar refractivity (Wildman–Crippen MR) is 77.4 cm³/mol. The first-order valence-corrected chi connectivity index (χ1v) is 6.80. The number of fused-ring (bicyclic) bond motifs is 1. The van der Waals surface area contributed by atoms with Crippen molar-refractivity contribution in [1.29, 1.82) is 0 Å². The minimum atomic E-state index is -1.60. The van der Waals surface area contributed by atoms with E-state index in [1.165, 1.54) is 0 Å². The van der Waals surface area contributed by atoms with Gasteiger partial charge in [-0.1, -0.05) is 18.2 Å². The largest absolute Gasteiger partial charge is 0.326 e. The first-order valence-electron chi connectivity index (χ1n) is 6.80. The van der Waals surface area contributed by atoms with E-state index in [9.17, 15) is 22.8 Å². The maximum absolute atomic E-state index is 13.1. The molecule has 2 N–H and O–H groups in total. The Hall–Kier alpha value is -2.83. The second kappa shape index (κ2) is 5.75. The summed E-state index contributed by atoms with van der Waals surface area (Å²) in [5.41, 5.74) is 1.11. The number of rotatable bonds is 3. The van der Waals surface area contributed by atoms with E-state index in [2.05, 4.69) is 10.6 Å². The smallest absolute Gasteiger partial charge is 0.232 e. The molecule has 1 aliphatic heterocycles. The van der Waals surface area contributed by atoms with Crippen LogP contribution in [0.1, 0.15) is 17.9 Å². The van der Waals surface area contributed by atoms with Crippen LogP contribution in [0.3, 0.4) is 0 Å². The molecule has 0 spiro atoms. The average Bonchev–Trinajstić information content (AvgIpc) is 2.81. The fourth-order valence-electron chi connectivity index (χ4n) is 2.50. The number of hydrogen-bond donors (Lipinski definition) is 2. The molecule has 4 nitrogen and oxygen atoms in total. The number of amides is 2. The molecule has 7 heteroatoms. The summed E-state index contributed by atoms with van der Waals surface area (Å²) in [6, 6.07) is 8.30. The van der Waals surface area contributed by atoms with Crippen LogP contribution in [-0.4, -0.2) is 11.8 Å². The van der Waals surface area contributed by atoms with Gasteiger partial charge in [0, 0.05) is 29.9 Å². The minimum absolute atomic E-state index is 0.191. The van der Waals surface area contributed by atoms with E-state index in [1.54, 1.807) is 24.3 Å². The Morgan fingerprint density at radius 3 is 2.48 bits per heavy atom. The Balaban J connectivity index is 1.74. The summed E-state index contributed by atoms with van der Waals surface area (Å²) >= 11 is 0. The fraction of sp³-hybridized carbons (Fsp3) is 0.125. The second-order valence-corrected chi connectivity index (χ2v) is 5.14. The molecule has 3 rings (SSSR count). The highest BCUT2D eigenvalue weighted by Crippen LogP contribution is 2.34. The highest BCUT2D eigenvalue weighted by Gasteiger charge is 2.31. The van der Waals surface area contributed by atoms with Crippen molar-refractivity contribution in [3.8, 4) is 0 Å². The molecule has 2 aromatic rings. The Labute approximate surface area is 129 Å². The van der Waals surface area contributed by atoms with Crippen molar-refractivity contribution >= 4 is 23.2 Å². The SMILES string of the molecule is O=C(C[C@H]1C(=O)Nc2ccccc21)Nc1cc(F)c(F)c(F)c1. The molecule has 2 aromatic carbocycles. The van der Waals surface area contributed by atoms with Gasteiger partial charge in [0.1, 0.15) is 0 Å². The van der Waals surface area contributed by atoms with Crippen molar-refractivity contribution in [2.45, 2.75) is 12.3 Å². The molecule has 0 saturated carbocycles. The van der Waals surface area contributed by atoms with E-state index in [0.29, 0.717) is 23.4 Å². The van der Waals surface area contributed by atoms with Gasteiger partial charge in [-0.25, -0.2) is 13.2 Å². The Bertz CT molecular complexity index is 785. The third kappa shape index (κ3) is 2.90. The van der Waals surface area contributed by atoms with Crippen LogP contribution in [0.15, 0.2) is 36.4 Å². The van der Waals surface area contributed by atoms with Crippen molar-refractivity contribution in [1.82, 2.24) is 0 Å². The lowest BCUT2D eigenvalue weighted by atomic mass is 9.97. The average molecular weight is 320 g/mol. The van der Waals surface area contributed by atoms with E-state index < -0.39 is 29.3 Å².